The molecule has 3 rings (SSSR count). The number of benzene rings is 1. The van der Waals surface area contributed by atoms with Crippen LogP contribution < -0.4 is 5.73 Å². The molecule has 0 spiro atoms. The Bertz CT molecular complexity index is 553. The van der Waals surface area contributed by atoms with E-state index in [1.807, 2.05) is 22.9 Å². The first kappa shape index (κ1) is 12.7. The second-order valence-corrected chi connectivity index (χ2v) is 6.11. The first-order valence-electron chi connectivity index (χ1n) is 6.85. The Balaban J connectivity index is 1.90. The van der Waals surface area contributed by atoms with Gasteiger partial charge in [-0.2, -0.15) is 5.10 Å². The topological polar surface area (TPSA) is 43.8 Å². The molecular weight excluding hydrogens is 302 g/mol. The number of rotatable bonds is 2. The van der Waals surface area contributed by atoms with Crippen LogP contribution in [-0.2, 0) is 0 Å². The second-order valence-electron chi connectivity index (χ2n) is 5.20. The SMILES string of the molecule is Nc1cc(-c2ccc(Br)cc2)nn1C1CCCCC1. The van der Waals surface area contributed by atoms with Crippen molar-refractivity contribution in [1.29, 1.82) is 0 Å². The molecule has 0 bridgehead atoms. The largest absolute Gasteiger partial charge is 0.384 e. The fourth-order valence-corrected chi connectivity index (χ4v) is 3.05. The minimum absolute atomic E-state index is 0.484. The summed E-state index contributed by atoms with van der Waals surface area (Å²) in [4.78, 5) is 0. The minimum atomic E-state index is 0.484. The second kappa shape index (κ2) is 5.37. The number of nitrogen functional groups attached to an aromatic ring is 1. The van der Waals surface area contributed by atoms with Crippen LogP contribution >= 0.6 is 15.9 Å². The molecule has 1 aromatic carbocycles. The van der Waals surface area contributed by atoms with Gasteiger partial charge in [0.25, 0.3) is 0 Å². The predicted molar refractivity (Wildman–Crippen MR) is 81.9 cm³/mol. The fourth-order valence-electron chi connectivity index (χ4n) is 2.79. The lowest BCUT2D eigenvalue weighted by Gasteiger charge is -2.22. The monoisotopic (exact) mass is 319 g/mol. The standard InChI is InChI=1S/C15H18BrN3/c16-12-8-6-11(7-9-12)14-10-15(17)19(18-14)13-4-2-1-3-5-13/h6-10,13H,1-5,17H2. The predicted octanol–water partition coefficient (Wildman–Crippen LogP) is 4.40. The average Bonchev–Trinajstić information content (AvgIpc) is 2.83. The Morgan fingerprint density at radius 1 is 1.11 bits per heavy atom. The number of aromatic nitrogens is 2. The number of hydrogen-bond acceptors (Lipinski definition) is 2. The summed E-state index contributed by atoms with van der Waals surface area (Å²) in [7, 11) is 0. The molecule has 3 nitrogen and oxygen atoms in total. The lowest BCUT2D eigenvalue weighted by molar-refractivity contribution is 0.333. The van der Waals surface area contributed by atoms with Crippen LogP contribution in [0.1, 0.15) is 38.1 Å². The molecule has 4 heteroatoms. The molecule has 0 saturated heterocycles. The quantitative estimate of drug-likeness (QED) is 0.891. The summed E-state index contributed by atoms with van der Waals surface area (Å²) in [5.74, 6) is 0.782. The van der Waals surface area contributed by atoms with Gasteiger partial charge in [0.15, 0.2) is 0 Å². The highest BCUT2D eigenvalue weighted by Crippen LogP contribution is 2.31. The molecule has 0 unspecified atom stereocenters. The van der Waals surface area contributed by atoms with Crippen LogP contribution in [0, 0.1) is 0 Å². The highest BCUT2D eigenvalue weighted by molar-refractivity contribution is 9.10. The van der Waals surface area contributed by atoms with Crippen LogP contribution in [0.3, 0.4) is 0 Å². The van der Waals surface area contributed by atoms with Crippen LogP contribution in [0.15, 0.2) is 34.8 Å². The normalized spacial score (nSPS) is 16.7. The van der Waals surface area contributed by atoms with E-state index in [1.165, 1.54) is 32.1 Å². The van der Waals surface area contributed by atoms with Gasteiger partial charge in [0.05, 0.1) is 11.7 Å². The fraction of sp³-hybridized carbons (Fsp3) is 0.400. The highest BCUT2D eigenvalue weighted by atomic mass is 79.9. The number of halogens is 1. The number of anilines is 1. The summed E-state index contributed by atoms with van der Waals surface area (Å²) in [6.07, 6.45) is 6.32. The van der Waals surface area contributed by atoms with Gasteiger partial charge in [-0.3, -0.25) is 0 Å². The van der Waals surface area contributed by atoms with Gasteiger partial charge in [-0.15, -0.1) is 0 Å². The average molecular weight is 320 g/mol. The third-order valence-corrected chi connectivity index (χ3v) is 4.35. The van der Waals surface area contributed by atoms with Gasteiger partial charge in [-0.05, 0) is 25.0 Å². The van der Waals surface area contributed by atoms with E-state index in [2.05, 4.69) is 28.1 Å². The third-order valence-electron chi connectivity index (χ3n) is 3.83. The summed E-state index contributed by atoms with van der Waals surface area (Å²) >= 11 is 3.45. The van der Waals surface area contributed by atoms with E-state index in [1.54, 1.807) is 0 Å². The Kier molecular flexibility index (Phi) is 3.60. The van der Waals surface area contributed by atoms with E-state index in [4.69, 9.17) is 10.8 Å². The molecule has 0 aliphatic heterocycles. The van der Waals surface area contributed by atoms with Gasteiger partial charge in [0.2, 0.25) is 0 Å². The van der Waals surface area contributed by atoms with Gasteiger partial charge in [0, 0.05) is 16.1 Å². The van der Waals surface area contributed by atoms with Gasteiger partial charge in [0.1, 0.15) is 5.82 Å². The van der Waals surface area contributed by atoms with Crippen molar-refractivity contribution in [3.05, 3.63) is 34.8 Å². The zero-order valence-corrected chi connectivity index (χ0v) is 12.4. The van der Waals surface area contributed by atoms with Crippen LogP contribution in [0.4, 0.5) is 5.82 Å². The van der Waals surface area contributed by atoms with Crippen LogP contribution in [0.5, 0.6) is 0 Å². The van der Waals surface area contributed by atoms with Gasteiger partial charge in [-0.25, -0.2) is 4.68 Å². The molecule has 0 atom stereocenters. The summed E-state index contributed by atoms with van der Waals surface area (Å²) in [5.41, 5.74) is 8.21. The maximum atomic E-state index is 6.13. The lowest BCUT2D eigenvalue weighted by Crippen LogP contribution is -2.16. The van der Waals surface area contributed by atoms with Crippen molar-refractivity contribution < 1.29 is 0 Å². The van der Waals surface area contributed by atoms with Gasteiger partial charge < -0.3 is 5.73 Å². The number of hydrogen-bond donors (Lipinski definition) is 1. The van der Waals surface area contributed by atoms with E-state index < -0.39 is 0 Å². The molecule has 19 heavy (non-hydrogen) atoms. The summed E-state index contributed by atoms with van der Waals surface area (Å²) in [6.45, 7) is 0. The van der Waals surface area contributed by atoms with E-state index in [9.17, 15) is 0 Å². The number of nitrogens with zero attached hydrogens (tertiary/aromatic N) is 2. The van der Waals surface area contributed by atoms with Crippen molar-refractivity contribution in [2.24, 2.45) is 0 Å². The zero-order valence-electron chi connectivity index (χ0n) is 10.8. The first-order chi connectivity index (χ1) is 9.24. The molecule has 1 aliphatic rings. The molecule has 100 valence electrons. The summed E-state index contributed by atoms with van der Waals surface area (Å²) in [5, 5.41) is 4.71. The number of nitrogens with two attached hydrogens (primary N) is 1. The molecule has 1 aromatic heterocycles. The Labute approximate surface area is 121 Å². The van der Waals surface area contributed by atoms with Crippen molar-refractivity contribution in [3.63, 3.8) is 0 Å². The molecule has 1 saturated carbocycles. The van der Waals surface area contributed by atoms with E-state index >= 15 is 0 Å². The Morgan fingerprint density at radius 3 is 2.47 bits per heavy atom. The van der Waals surface area contributed by atoms with Crippen molar-refractivity contribution in [2.75, 3.05) is 5.73 Å². The van der Waals surface area contributed by atoms with Crippen molar-refractivity contribution >= 4 is 21.7 Å². The van der Waals surface area contributed by atoms with Crippen LogP contribution in [-0.4, -0.2) is 9.78 Å². The van der Waals surface area contributed by atoms with Gasteiger partial charge in [-0.1, -0.05) is 47.3 Å². The maximum Gasteiger partial charge on any atom is 0.122 e. The molecule has 2 N–H and O–H groups in total. The molecule has 1 heterocycles. The molecule has 1 fully saturated rings. The van der Waals surface area contributed by atoms with Crippen LogP contribution in [0.25, 0.3) is 11.3 Å². The molecule has 2 aromatic rings. The summed E-state index contributed by atoms with van der Waals surface area (Å²) < 4.78 is 3.10. The van der Waals surface area contributed by atoms with E-state index in [-0.39, 0.29) is 0 Å². The van der Waals surface area contributed by atoms with Crippen LogP contribution in [0.2, 0.25) is 0 Å². The highest BCUT2D eigenvalue weighted by Gasteiger charge is 2.19. The zero-order chi connectivity index (χ0) is 13.2. The molecule has 0 amide bonds. The van der Waals surface area contributed by atoms with Crippen molar-refractivity contribution in [2.45, 2.75) is 38.1 Å². The molecule has 0 radical (unpaired) electrons. The van der Waals surface area contributed by atoms with Crippen molar-refractivity contribution in [1.82, 2.24) is 9.78 Å². The third kappa shape index (κ3) is 2.68. The first-order valence-corrected chi connectivity index (χ1v) is 7.64. The van der Waals surface area contributed by atoms with Crippen molar-refractivity contribution in [3.8, 4) is 11.3 Å². The smallest absolute Gasteiger partial charge is 0.122 e. The maximum absolute atomic E-state index is 6.13. The summed E-state index contributed by atoms with van der Waals surface area (Å²) in [6, 6.07) is 10.7. The lowest BCUT2D eigenvalue weighted by atomic mass is 9.96. The van der Waals surface area contributed by atoms with Gasteiger partial charge >= 0.3 is 0 Å². The Morgan fingerprint density at radius 2 is 1.79 bits per heavy atom. The van der Waals surface area contributed by atoms with E-state index in [0.29, 0.717) is 6.04 Å². The molecular formula is C15H18BrN3. The Hall–Kier alpha value is -1.29. The van der Waals surface area contributed by atoms with E-state index in [0.717, 1.165) is 21.5 Å². The minimum Gasteiger partial charge on any atom is -0.384 e. The molecule has 1 aliphatic carbocycles.